The summed E-state index contributed by atoms with van der Waals surface area (Å²) in [7, 11) is 0. The lowest BCUT2D eigenvalue weighted by molar-refractivity contribution is 1.34. The van der Waals surface area contributed by atoms with E-state index in [2.05, 4.69) is 36.4 Å². The van der Waals surface area contributed by atoms with Gasteiger partial charge in [-0.1, -0.05) is 30.4 Å². The molecule has 1 heteroatoms. The number of hydrogen-bond acceptors (Lipinski definition) is 1. The molecular weight excluding hydrogens is 164 g/mol. The Labute approximate surface area is 75.3 Å². The van der Waals surface area contributed by atoms with E-state index in [4.69, 9.17) is 0 Å². The minimum absolute atomic E-state index is 1.14. The summed E-state index contributed by atoms with van der Waals surface area (Å²) in [4.78, 5) is 1.44. The monoisotopic (exact) mass is 172 g/mol. The molecule has 0 amide bonds. The summed E-state index contributed by atoms with van der Waals surface area (Å²) in [5.74, 6) is 1.14. The van der Waals surface area contributed by atoms with Gasteiger partial charge < -0.3 is 0 Å². The molecule has 3 rings (SSSR count). The zero-order valence-corrected chi connectivity index (χ0v) is 7.40. The van der Waals surface area contributed by atoms with Crippen LogP contribution in [0.25, 0.3) is 18.2 Å². The Balaban J connectivity index is 2.54. The van der Waals surface area contributed by atoms with Crippen molar-refractivity contribution in [3.8, 4) is 0 Å². The zero-order valence-electron chi connectivity index (χ0n) is 6.58. The zero-order chi connectivity index (χ0) is 7.97. The minimum Gasteiger partial charge on any atom is -0.121 e. The van der Waals surface area contributed by atoms with Crippen molar-refractivity contribution in [3.63, 3.8) is 0 Å². The molecule has 0 atom stereocenters. The third-order valence-electron chi connectivity index (χ3n) is 2.35. The van der Waals surface area contributed by atoms with Crippen LogP contribution in [-0.2, 0) is 0 Å². The maximum Gasteiger partial charge on any atom is 0.0170 e. The van der Waals surface area contributed by atoms with Gasteiger partial charge in [0.15, 0.2) is 0 Å². The summed E-state index contributed by atoms with van der Waals surface area (Å²) in [6, 6.07) is 4.44. The van der Waals surface area contributed by atoms with Crippen LogP contribution in [-0.4, -0.2) is 5.75 Å². The number of benzene rings is 1. The van der Waals surface area contributed by atoms with Crippen LogP contribution in [0.15, 0.2) is 23.1 Å². The van der Waals surface area contributed by atoms with Gasteiger partial charge in [-0.2, -0.15) is 0 Å². The van der Waals surface area contributed by atoms with Gasteiger partial charge in [-0.15, -0.1) is 11.8 Å². The van der Waals surface area contributed by atoms with Crippen LogP contribution in [0.3, 0.4) is 0 Å². The van der Waals surface area contributed by atoms with Crippen molar-refractivity contribution in [3.05, 3.63) is 34.2 Å². The van der Waals surface area contributed by atoms with Crippen LogP contribution in [0, 0.1) is 0 Å². The average Bonchev–Trinajstić information content (AvgIpc) is 2.71. The smallest absolute Gasteiger partial charge is 0.0170 e. The van der Waals surface area contributed by atoms with Crippen molar-refractivity contribution in [2.75, 3.05) is 5.75 Å². The predicted octanol–water partition coefficient (Wildman–Crippen LogP) is 1.38. The fourth-order valence-corrected chi connectivity index (χ4v) is 2.71. The highest BCUT2D eigenvalue weighted by atomic mass is 32.2. The highest BCUT2D eigenvalue weighted by molar-refractivity contribution is 7.99. The van der Waals surface area contributed by atoms with E-state index in [9.17, 15) is 0 Å². The van der Waals surface area contributed by atoms with E-state index in [1.807, 2.05) is 11.8 Å². The van der Waals surface area contributed by atoms with E-state index in [1.165, 1.54) is 20.9 Å². The molecule has 0 radical (unpaired) electrons. The van der Waals surface area contributed by atoms with Crippen molar-refractivity contribution in [1.82, 2.24) is 0 Å². The van der Waals surface area contributed by atoms with Crippen LogP contribution >= 0.6 is 11.8 Å². The molecule has 12 heavy (non-hydrogen) atoms. The number of fused-ring (bicyclic) bond motifs is 3. The van der Waals surface area contributed by atoms with Crippen molar-refractivity contribution in [2.45, 2.75) is 4.90 Å². The average molecular weight is 172 g/mol. The van der Waals surface area contributed by atoms with Gasteiger partial charge in [0.2, 0.25) is 0 Å². The van der Waals surface area contributed by atoms with Gasteiger partial charge in [-0.3, -0.25) is 0 Å². The van der Waals surface area contributed by atoms with E-state index < -0.39 is 0 Å². The molecule has 1 aliphatic carbocycles. The van der Waals surface area contributed by atoms with Crippen LogP contribution in [0.4, 0.5) is 0 Å². The molecule has 1 heterocycles. The van der Waals surface area contributed by atoms with E-state index in [0.29, 0.717) is 0 Å². The van der Waals surface area contributed by atoms with E-state index in [0.717, 1.165) is 5.75 Å². The number of hydrogen-bond donors (Lipinski definition) is 0. The van der Waals surface area contributed by atoms with E-state index >= 15 is 0 Å². The molecule has 0 saturated heterocycles. The molecule has 0 aromatic heterocycles. The van der Waals surface area contributed by atoms with Gasteiger partial charge in [-0.25, -0.2) is 0 Å². The first-order valence-electron chi connectivity index (χ1n) is 4.09. The lowest BCUT2D eigenvalue weighted by atomic mass is 10.1. The van der Waals surface area contributed by atoms with Crippen LogP contribution in [0.1, 0.15) is 5.56 Å². The van der Waals surface area contributed by atoms with E-state index in [-0.39, 0.29) is 0 Å². The number of allylic oxidation sites excluding steroid dienone is 1. The first-order valence-corrected chi connectivity index (χ1v) is 5.08. The molecule has 1 aromatic carbocycles. The molecule has 0 nitrogen and oxygen atoms in total. The summed E-state index contributed by atoms with van der Waals surface area (Å²) in [5, 5.41) is 2.86. The Morgan fingerprint density at radius 2 is 2.17 bits per heavy atom. The summed E-state index contributed by atoms with van der Waals surface area (Å²) in [5.41, 5.74) is 1.37. The van der Waals surface area contributed by atoms with Gasteiger partial charge in [0.05, 0.1) is 0 Å². The topological polar surface area (TPSA) is 0 Å². The second-order valence-corrected chi connectivity index (χ2v) is 4.08. The second-order valence-electron chi connectivity index (χ2n) is 3.02. The molecule has 1 aromatic rings. The Kier molecular flexibility index (Phi) is 1.24. The van der Waals surface area contributed by atoms with Crippen LogP contribution in [0.5, 0.6) is 0 Å². The number of rotatable bonds is 0. The molecule has 2 aliphatic rings. The maximum atomic E-state index is 2.32. The molecule has 58 valence electrons. The fourth-order valence-electron chi connectivity index (χ4n) is 1.76. The van der Waals surface area contributed by atoms with Gasteiger partial charge in [0.1, 0.15) is 0 Å². The Morgan fingerprint density at radius 1 is 1.17 bits per heavy atom. The van der Waals surface area contributed by atoms with Crippen molar-refractivity contribution >= 4 is 30.0 Å². The molecule has 0 unspecified atom stereocenters. The van der Waals surface area contributed by atoms with Crippen molar-refractivity contribution < 1.29 is 0 Å². The van der Waals surface area contributed by atoms with E-state index in [1.54, 1.807) is 0 Å². The summed E-state index contributed by atoms with van der Waals surface area (Å²) < 4.78 is 0. The Hall–Kier alpha value is -0.950. The molecule has 0 fully saturated rings. The number of thioether (sulfide) groups is 1. The predicted molar refractivity (Wildman–Crippen MR) is 54.4 cm³/mol. The van der Waals surface area contributed by atoms with Crippen molar-refractivity contribution in [2.24, 2.45) is 0 Å². The third-order valence-corrected chi connectivity index (χ3v) is 3.35. The molecule has 0 saturated carbocycles. The standard InChI is InChI=1S/C11H8S/c1-2-8-4-5-11-10(6-7-12-11)9(8)3-1/h1-6H,7H2. The molecule has 1 aliphatic heterocycles. The molecule has 0 N–H and O–H groups in total. The molecule has 0 bridgehead atoms. The van der Waals surface area contributed by atoms with Gasteiger partial charge in [0, 0.05) is 10.6 Å². The SMILES string of the molecule is C1=Cc2ccc3c(c2=C1)=CCS3. The minimum atomic E-state index is 1.14. The second kappa shape index (κ2) is 2.27. The largest absolute Gasteiger partial charge is 0.121 e. The summed E-state index contributed by atoms with van der Waals surface area (Å²) in [6.45, 7) is 0. The fraction of sp³-hybridized carbons (Fsp3) is 0.0909. The summed E-state index contributed by atoms with van der Waals surface area (Å²) in [6.07, 6.45) is 8.83. The Morgan fingerprint density at radius 3 is 3.17 bits per heavy atom. The third kappa shape index (κ3) is 0.745. The maximum absolute atomic E-state index is 2.32. The Bertz CT molecular complexity index is 480. The lowest BCUT2D eigenvalue weighted by Gasteiger charge is -1.95. The first-order chi connectivity index (χ1) is 5.95. The van der Waals surface area contributed by atoms with Gasteiger partial charge in [-0.05, 0) is 22.1 Å². The normalized spacial score (nSPS) is 16.7. The van der Waals surface area contributed by atoms with Crippen LogP contribution in [0.2, 0.25) is 0 Å². The highest BCUT2D eigenvalue weighted by Gasteiger charge is 2.06. The molecular formula is C11H8S. The van der Waals surface area contributed by atoms with Gasteiger partial charge in [0.25, 0.3) is 0 Å². The lowest BCUT2D eigenvalue weighted by Crippen LogP contribution is -2.25. The quantitative estimate of drug-likeness (QED) is 0.569. The molecule has 0 spiro atoms. The van der Waals surface area contributed by atoms with Gasteiger partial charge >= 0.3 is 0 Å². The van der Waals surface area contributed by atoms with Crippen LogP contribution < -0.4 is 10.4 Å². The van der Waals surface area contributed by atoms with Crippen molar-refractivity contribution in [1.29, 1.82) is 0 Å². The summed E-state index contributed by atoms with van der Waals surface area (Å²) >= 11 is 1.93. The highest BCUT2D eigenvalue weighted by Crippen LogP contribution is 2.18. The first kappa shape index (κ1) is 6.55.